The first-order valence-corrected chi connectivity index (χ1v) is 12.6. The largest absolute Gasteiger partial charge is 0.549 e. The number of amides is 1. The number of methoxy groups -OCH3 is 1. The Bertz CT molecular complexity index is 908. The van der Waals surface area contributed by atoms with Crippen LogP contribution in [0.2, 0.25) is 12.6 Å². The van der Waals surface area contributed by atoms with Gasteiger partial charge >= 0.3 is 13.0 Å². The van der Waals surface area contributed by atoms with Gasteiger partial charge in [-0.1, -0.05) is 88.9 Å². The fourth-order valence-electron chi connectivity index (χ4n) is 4.28. The van der Waals surface area contributed by atoms with Gasteiger partial charge in [-0.3, -0.25) is 0 Å². The number of carbonyl (C=O) groups is 1. The molecule has 1 amide bonds. The second-order valence-corrected chi connectivity index (χ2v) is 8.96. The summed E-state index contributed by atoms with van der Waals surface area (Å²) in [5.74, 6) is 1.46. The molecule has 0 N–H and O–H groups in total. The molecular weight excluding hydrogens is 425 g/mol. The lowest BCUT2D eigenvalue weighted by atomic mass is 9.59. The lowest BCUT2D eigenvalue weighted by molar-refractivity contribution is 0.151. The molecule has 6 heteroatoms. The molecule has 0 unspecified atom stereocenters. The Labute approximate surface area is 205 Å². The molecule has 1 aliphatic rings. The van der Waals surface area contributed by atoms with E-state index in [1.165, 1.54) is 0 Å². The van der Waals surface area contributed by atoms with E-state index >= 15 is 0 Å². The molecule has 3 rings (SSSR count). The van der Waals surface area contributed by atoms with Crippen molar-refractivity contribution in [2.45, 2.75) is 71.1 Å². The van der Waals surface area contributed by atoms with E-state index in [4.69, 9.17) is 14.1 Å². The summed E-state index contributed by atoms with van der Waals surface area (Å²) in [5.41, 5.74) is 2.17. The lowest BCUT2D eigenvalue weighted by Crippen LogP contribution is -2.32. The Balaban J connectivity index is 1.95. The topological polar surface area (TPSA) is 48.0 Å². The summed E-state index contributed by atoms with van der Waals surface area (Å²) in [6.45, 7) is 6.90. The minimum Gasteiger partial charge on any atom is -0.549 e. The van der Waals surface area contributed by atoms with Gasteiger partial charge in [-0.15, -0.1) is 0 Å². The highest BCUT2D eigenvalue weighted by Gasteiger charge is 2.38. The fourth-order valence-corrected chi connectivity index (χ4v) is 4.28. The standard InChI is InChI=1S/C28H38BNO4/c1-5-7-18-29(19-8-6-2)34-27(20-22(3)23-14-16-25(32-4)17-15-23)30-26(21-33-28(30)31)24-12-10-9-11-13-24/h9-17,20,22,26H,5-8,18-19,21H2,1-4H3/b27-20-/t22-,26-/m0/s1. The van der Waals surface area contributed by atoms with E-state index < -0.39 is 0 Å². The van der Waals surface area contributed by atoms with Crippen LogP contribution < -0.4 is 4.74 Å². The van der Waals surface area contributed by atoms with Crippen LogP contribution in [0.15, 0.2) is 66.6 Å². The van der Waals surface area contributed by atoms with Gasteiger partial charge in [0.25, 0.3) is 0 Å². The van der Waals surface area contributed by atoms with Gasteiger partial charge in [0.2, 0.25) is 0 Å². The molecule has 2 aromatic carbocycles. The number of benzene rings is 2. The van der Waals surface area contributed by atoms with Crippen LogP contribution >= 0.6 is 0 Å². The third kappa shape index (κ3) is 6.81. The summed E-state index contributed by atoms with van der Waals surface area (Å²) < 4.78 is 17.5. The van der Waals surface area contributed by atoms with Crippen molar-refractivity contribution >= 4 is 13.0 Å². The van der Waals surface area contributed by atoms with Crippen LogP contribution in [-0.2, 0) is 9.39 Å². The zero-order valence-electron chi connectivity index (χ0n) is 21.0. The number of unbranched alkanes of at least 4 members (excludes halogenated alkanes) is 2. The Morgan fingerprint density at radius 1 is 1.09 bits per heavy atom. The monoisotopic (exact) mass is 463 g/mol. The quantitative estimate of drug-likeness (QED) is 0.229. The van der Waals surface area contributed by atoms with Crippen LogP contribution in [0.3, 0.4) is 0 Å². The van der Waals surface area contributed by atoms with Crippen molar-refractivity contribution in [2.75, 3.05) is 13.7 Å². The molecule has 2 atom stereocenters. The van der Waals surface area contributed by atoms with Crippen molar-refractivity contribution in [1.29, 1.82) is 0 Å². The summed E-state index contributed by atoms with van der Waals surface area (Å²) >= 11 is 0. The number of carbonyl (C=O) groups excluding carboxylic acids is 1. The highest BCUT2D eigenvalue weighted by molar-refractivity contribution is 6.52. The van der Waals surface area contributed by atoms with Crippen molar-refractivity contribution in [2.24, 2.45) is 0 Å². The first-order valence-electron chi connectivity index (χ1n) is 12.6. The number of nitrogens with zero attached hydrogens (tertiary/aromatic N) is 1. The number of hydrogen-bond donors (Lipinski definition) is 0. The van der Waals surface area contributed by atoms with Crippen LogP contribution in [0, 0.1) is 0 Å². The molecule has 0 bridgehead atoms. The molecule has 0 spiro atoms. The Morgan fingerprint density at radius 3 is 2.32 bits per heavy atom. The fraction of sp³-hybridized carbons (Fsp3) is 0.464. The molecule has 182 valence electrons. The molecule has 0 aliphatic carbocycles. The molecule has 1 saturated heterocycles. The van der Waals surface area contributed by atoms with E-state index in [0.717, 1.165) is 55.2 Å². The zero-order chi connectivity index (χ0) is 24.3. The summed E-state index contributed by atoms with van der Waals surface area (Å²) in [5, 5.41) is 0. The van der Waals surface area contributed by atoms with Gasteiger partial charge in [0, 0.05) is 5.92 Å². The molecular formula is C28H38BNO4. The number of hydrogen-bond acceptors (Lipinski definition) is 4. The Morgan fingerprint density at radius 2 is 1.74 bits per heavy atom. The summed E-state index contributed by atoms with van der Waals surface area (Å²) in [7, 11) is 1.67. The highest BCUT2D eigenvalue weighted by Crippen LogP contribution is 2.34. The summed E-state index contributed by atoms with van der Waals surface area (Å²) in [6, 6.07) is 17.9. The summed E-state index contributed by atoms with van der Waals surface area (Å²) in [6.07, 6.45) is 8.09. The van der Waals surface area contributed by atoms with E-state index in [1.54, 1.807) is 12.0 Å². The van der Waals surface area contributed by atoms with Crippen molar-refractivity contribution in [1.82, 2.24) is 4.90 Å². The summed E-state index contributed by atoms with van der Waals surface area (Å²) in [4.78, 5) is 14.7. The van der Waals surface area contributed by atoms with Crippen LogP contribution in [0.25, 0.3) is 0 Å². The van der Waals surface area contributed by atoms with Gasteiger partial charge in [-0.2, -0.15) is 0 Å². The van der Waals surface area contributed by atoms with E-state index in [9.17, 15) is 4.79 Å². The van der Waals surface area contributed by atoms with E-state index in [1.807, 2.05) is 42.5 Å². The van der Waals surface area contributed by atoms with Crippen molar-refractivity contribution < 1.29 is 18.9 Å². The second-order valence-electron chi connectivity index (χ2n) is 8.96. The molecule has 1 heterocycles. The molecule has 5 nitrogen and oxygen atoms in total. The first kappa shape index (κ1) is 25.7. The average Bonchev–Trinajstić information content (AvgIpc) is 3.26. The smallest absolute Gasteiger partial charge is 0.417 e. The first-order chi connectivity index (χ1) is 16.6. The molecule has 2 aromatic rings. The SMILES string of the molecule is CCCCB(CCCC)O/C(=C\[C@H](C)c1ccc(OC)cc1)N1C(=O)OC[C@H]1c1ccccc1. The van der Waals surface area contributed by atoms with Gasteiger partial charge in [0.05, 0.1) is 7.11 Å². The van der Waals surface area contributed by atoms with Gasteiger partial charge in [0.1, 0.15) is 18.4 Å². The minimum atomic E-state index is -0.355. The predicted octanol–water partition coefficient (Wildman–Crippen LogP) is 7.44. The minimum absolute atomic E-state index is 0.0451. The molecule has 1 fully saturated rings. The molecule has 1 aliphatic heterocycles. The number of cyclic esters (lactones) is 1. The normalized spacial score (nSPS) is 16.8. The number of rotatable bonds is 13. The predicted molar refractivity (Wildman–Crippen MR) is 138 cm³/mol. The van der Waals surface area contributed by atoms with Crippen molar-refractivity contribution in [3.8, 4) is 5.75 Å². The molecule has 0 saturated carbocycles. The van der Waals surface area contributed by atoms with Crippen molar-refractivity contribution in [3.63, 3.8) is 0 Å². The number of ether oxygens (including phenoxy) is 2. The van der Waals surface area contributed by atoms with Crippen molar-refractivity contribution in [3.05, 3.63) is 77.7 Å². The van der Waals surface area contributed by atoms with Crippen LogP contribution in [0.1, 0.15) is 69.5 Å². The van der Waals surface area contributed by atoms with E-state index in [-0.39, 0.29) is 25.0 Å². The Kier molecular flexibility index (Phi) is 9.93. The van der Waals surface area contributed by atoms with Gasteiger partial charge in [-0.05, 0) is 42.0 Å². The molecule has 0 aromatic heterocycles. The third-order valence-electron chi connectivity index (χ3n) is 6.38. The maximum atomic E-state index is 13.0. The highest BCUT2D eigenvalue weighted by atomic mass is 16.6. The third-order valence-corrected chi connectivity index (χ3v) is 6.38. The van der Waals surface area contributed by atoms with E-state index in [0.29, 0.717) is 12.5 Å². The molecule has 0 radical (unpaired) electrons. The lowest BCUT2D eigenvalue weighted by Gasteiger charge is -2.28. The van der Waals surface area contributed by atoms with Crippen LogP contribution in [0.5, 0.6) is 5.75 Å². The number of allylic oxidation sites excluding steroid dienone is 1. The second kappa shape index (κ2) is 13.1. The maximum Gasteiger partial charge on any atom is 0.417 e. The van der Waals surface area contributed by atoms with Crippen LogP contribution in [0.4, 0.5) is 4.79 Å². The zero-order valence-corrected chi connectivity index (χ0v) is 21.0. The Hall–Kier alpha value is -2.89. The van der Waals surface area contributed by atoms with E-state index in [2.05, 4.69) is 39.0 Å². The van der Waals surface area contributed by atoms with Gasteiger partial charge < -0.3 is 14.1 Å². The maximum absolute atomic E-state index is 13.0. The molecule has 34 heavy (non-hydrogen) atoms. The average molecular weight is 463 g/mol. The van der Waals surface area contributed by atoms with Crippen LogP contribution in [-0.4, -0.2) is 31.6 Å². The van der Waals surface area contributed by atoms with Gasteiger partial charge in [0.15, 0.2) is 5.88 Å². The van der Waals surface area contributed by atoms with Gasteiger partial charge in [-0.25, -0.2) is 9.69 Å².